The molecule has 0 atom stereocenters. The van der Waals surface area contributed by atoms with Crippen molar-refractivity contribution >= 4 is 28.9 Å². The van der Waals surface area contributed by atoms with E-state index in [0.717, 1.165) is 11.6 Å². The minimum Gasteiger partial charge on any atom is -0.321 e. The zero-order valence-corrected chi connectivity index (χ0v) is 14.7. The van der Waals surface area contributed by atoms with Crippen LogP contribution < -0.4 is 10.9 Å². The predicted molar refractivity (Wildman–Crippen MR) is 102 cm³/mol. The van der Waals surface area contributed by atoms with Gasteiger partial charge in [0.05, 0.1) is 27.7 Å². The lowest BCUT2D eigenvalue weighted by Crippen LogP contribution is -2.22. The van der Waals surface area contributed by atoms with E-state index in [1.54, 1.807) is 0 Å². The van der Waals surface area contributed by atoms with Crippen molar-refractivity contribution in [1.82, 2.24) is 4.57 Å². The van der Waals surface area contributed by atoms with Crippen LogP contribution in [-0.2, 0) is 6.54 Å². The number of nitrogens with zero attached hydrogens (tertiary/aromatic N) is 2. The lowest BCUT2D eigenvalue weighted by molar-refractivity contribution is -0.384. The van der Waals surface area contributed by atoms with Crippen LogP contribution in [0.1, 0.15) is 15.9 Å². The van der Waals surface area contributed by atoms with Gasteiger partial charge in [-0.1, -0.05) is 41.9 Å². The van der Waals surface area contributed by atoms with Gasteiger partial charge in [0.25, 0.3) is 17.2 Å². The maximum Gasteiger partial charge on any atom is 0.271 e. The van der Waals surface area contributed by atoms with E-state index in [-0.39, 0.29) is 27.5 Å². The number of aromatic nitrogens is 1. The zero-order valence-electron chi connectivity index (χ0n) is 14.0. The number of nitro benzene ring substituents is 1. The number of carbonyl (C=O) groups excluding carboxylic acids is 1. The minimum atomic E-state index is -0.572. The van der Waals surface area contributed by atoms with Gasteiger partial charge in [-0.3, -0.25) is 19.7 Å². The van der Waals surface area contributed by atoms with Crippen molar-refractivity contribution in [3.05, 3.63) is 103 Å². The Balaban J connectivity index is 1.82. The summed E-state index contributed by atoms with van der Waals surface area (Å²) < 4.78 is 1.43. The quantitative estimate of drug-likeness (QED) is 0.536. The summed E-state index contributed by atoms with van der Waals surface area (Å²) in [6.45, 7) is 0.332. The average molecular weight is 384 g/mol. The number of halogens is 1. The van der Waals surface area contributed by atoms with Crippen LogP contribution in [0, 0.1) is 10.1 Å². The molecule has 0 aliphatic heterocycles. The first-order valence-corrected chi connectivity index (χ1v) is 8.31. The van der Waals surface area contributed by atoms with Gasteiger partial charge in [-0.15, -0.1) is 0 Å². The van der Waals surface area contributed by atoms with Gasteiger partial charge in [0.2, 0.25) is 0 Å². The molecule has 0 fully saturated rings. The van der Waals surface area contributed by atoms with E-state index >= 15 is 0 Å². The molecule has 0 saturated heterocycles. The van der Waals surface area contributed by atoms with Crippen LogP contribution in [0.15, 0.2) is 71.7 Å². The van der Waals surface area contributed by atoms with Crippen molar-refractivity contribution in [3.8, 4) is 0 Å². The van der Waals surface area contributed by atoms with Gasteiger partial charge in [0.15, 0.2) is 0 Å². The Bertz CT molecular complexity index is 1060. The molecule has 27 heavy (non-hydrogen) atoms. The molecule has 1 N–H and O–H groups in total. The second-order valence-electron chi connectivity index (χ2n) is 5.74. The van der Waals surface area contributed by atoms with E-state index in [2.05, 4.69) is 5.32 Å². The Labute approximate surface area is 159 Å². The first-order chi connectivity index (χ1) is 12.9. The Morgan fingerprint density at radius 3 is 2.52 bits per heavy atom. The van der Waals surface area contributed by atoms with Crippen molar-refractivity contribution in [1.29, 1.82) is 0 Å². The van der Waals surface area contributed by atoms with Crippen LogP contribution >= 0.6 is 11.6 Å². The van der Waals surface area contributed by atoms with E-state index in [4.69, 9.17) is 11.6 Å². The van der Waals surface area contributed by atoms with Gasteiger partial charge in [-0.2, -0.15) is 0 Å². The van der Waals surface area contributed by atoms with Crippen LogP contribution in [0.2, 0.25) is 5.02 Å². The summed E-state index contributed by atoms with van der Waals surface area (Å²) in [6.07, 6.45) is 1.46. The molecule has 0 radical (unpaired) electrons. The summed E-state index contributed by atoms with van der Waals surface area (Å²) in [5, 5.41) is 13.4. The van der Waals surface area contributed by atoms with Crippen LogP contribution in [-0.4, -0.2) is 15.4 Å². The number of non-ortho nitro benzene ring substituents is 1. The monoisotopic (exact) mass is 383 g/mol. The van der Waals surface area contributed by atoms with E-state index in [1.165, 1.54) is 35.0 Å². The van der Waals surface area contributed by atoms with E-state index in [1.807, 2.05) is 30.3 Å². The largest absolute Gasteiger partial charge is 0.321 e. The topological polar surface area (TPSA) is 94.2 Å². The second-order valence-corrected chi connectivity index (χ2v) is 6.15. The number of pyridine rings is 1. The van der Waals surface area contributed by atoms with Crippen LogP contribution in [0.25, 0.3) is 0 Å². The molecule has 2 aromatic carbocycles. The van der Waals surface area contributed by atoms with Gasteiger partial charge >= 0.3 is 0 Å². The molecular weight excluding hydrogens is 370 g/mol. The second kappa shape index (κ2) is 7.84. The highest BCUT2D eigenvalue weighted by molar-refractivity contribution is 6.34. The predicted octanol–water partition coefficient (Wildman–Crippen LogP) is 3.71. The summed E-state index contributed by atoms with van der Waals surface area (Å²) in [6, 6.07) is 15.9. The number of nitrogens with one attached hydrogen (secondary N) is 1. The normalized spacial score (nSPS) is 10.4. The van der Waals surface area contributed by atoms with Gasteiger partial charge in [-0.25, -0.2) is 0 Å². The summed E-state index contributed by atoms with van der Waals surface area (Å²) in [4.78, 5) is 34.7. The first-order valence-electron chi connectivity index (χ1n) is 7.94. The van der Waals surface area contributed by atoms with Crippen molar-refractivity contribution in [3.63, 3.8) is 0 Å². The van der Waals surface area contributed by atoms with Crippen molar-refractivity contribution in [2.75, 3.05) is 5.32 Å². The third-order valence-corrected chi connectivity index (χ3v) is 4.17. The van der Waals surface area contributed by atoms with Crippen LogP contribution in [0.4, 0.5) is 11.4 Å². The summed E-state index contributed by atoms with van der Waals surface area (Å²) in [7, 11) is 0. The first kappa shape index (κ1) is 18.3. The molecule has 136 valence electrons. The molecule has 1 amide bonds. The third-order valence-electron chi connectivity index (χ3n) is 3.85. The molecule has 3 aromatic rings. The van der Waals surface area contributed by atoms with Gasteiger partial charge in [-0.05, 0) is 17.7 Å². The Morgan fingerprint density at radius 1 is 1.11 bits per heavy atom. The lowest BCUT2D eigenvalue weighted by atomic mass is 10.2. The number of anilines is 1. The SMILES string of the molecule is O=C(Nc1ccc([N+](=O)[O-])cc1Cl)c1ccc(=O)n(Cc2ccccc2)c1. The Kier molecular flexibility index (Phi) is 5.33. The smallest absolute Gasteiger partial charge is 0.271 e. The Hall–Kier alpha value is -3.45. The number of rotatable bonds is 5. The number of carbonyl (C=O) groups is 1. The molecule has 0 unspecified atom stereocenters. The molecule has 0 spiro atoms. The molecular formula is C19H14ClN3O4. The molecule has 0 bridgehead atoms. The van der Waals surface area contributed by atoms with Gasteiger partial charge in [0.1, 0.15) is 0 Å². The maximum atomic E-state index is 12.5. The number of benzene rings is 2. The Morgan fingerprint density at radius 2 is 1.85 bits per heavy atom. The van der Waals surface area contributed by atoms with E-state index in [9.17, 15) is 19.7 Å². The highest BCUT2D eigenvalue weighted by atomic mass is 35.5. The highest BCUT2D eigenvalue weighted by Crippen LogP contribution is 2.27. The van der Waals surface area contributed by atoms with Gasteiger partial charge < -0.3 is 9.88 Å². The third kappa shape index (κ3) is 4.39. The molecule has 0 aliphatic rings. The number of hydrogen-bond donors (Lipinski definition) is 1. The summed E-state index contributed by atoms with van der Waals surface area (Å²) >= 11 is 5.99. The van der Waals surface area contributed by atoms with E-state index in [0.29, 0.717) is 6.54 Å². The summed E-state index contributed by atoms with van der Waals surface area (Å²) in [5.74, 6) is -0.479. The van der Waals surface area contributed by atoms with E-state index < -0.39 is 10.8 Å². The number of nitro groups is 1. The fourth-order valence-electron chi connectivity index (χ4n) is 2.48. The fourth-order valence-corrected chi connectivity index (χ4v) is 2.70. The number of hydrogen-bond acceptors (Lipinski definition) is 4. The highest BCUT2D eigenvalue weighted by Gasteiger charge is 2.13. The molecule has 3 rings (SSSR count). The minimum absolute atomic E-state index is 0.0511. The molecule has 1 heterocycles. The molecule has 8 heteroatoms. The zero-order chi connectivity index (χ0) is 19.4. The standard InChI is InChI=1S/C19H14ClN3O4/c20-16-10-15(23(26)27)7-8-17(16)21-19(25)14-6-9-18(24)22(12-14)11-13-4-2-1-3-5-13/h1-10,12H,11H2,(H,21,25). The molecule has 1 aromatic heterocycles. The van der Waals surface area contributed by atoms with Crippen molar-refractivity contribution in [2.24, 2.45) is 0 Å². The van der Waals surface area contributed by atoms with Crippen LogP contribution in [0.3, 0.4) is 0 Å². The average Bonchev–Trinajstić information content (AvgIpc) is 2.65. The van der Waals surface area contributed by atoms with Crippen LogP contribution in [0.5, 0.6) is 0 Å². The molecule has 7 nitrogen and oxygen atoms in total. The summed E-state index contributed by atoms with van der Waals surface area (Å²) in [5.41, 5.74) is 1.03. The maximum absolute atomic E-state index is 12.5. The fraction of sp³-hybridized carbons (Fsp3) is 0.0526. The van der Waals surface area contributed by atoms with Gasteiger partial charge in [0, 0.05) is 24.4 Å². The number of amides is 1. The lowest BCUT2D eigenvalue weighted by Gasteiger charge is -2.10. The molecule has 0 aliphatic carbocycles. The van der Waals surface area contributed by atoms with Crippen molar-refractivity contribution in [2.45, 2.75) is 6.54 Å². The molecule has 0 saturated carbocycles. The van der Waals surface area contributed by atoms with Crippen molar-refractivity contribution < 1.29 is 9.72 Å².